The highest BCUT2D eigenvalue weighted by Gasteiger charge is 2.24. The number of aryl methyl sites for hydroxylation is 2. The second-order valence-corrected chi connectivity index (χ2v) is 9.33. The van der Waals surface area contributed by atoms with Crippen LogP contribution in [0.3, 0.4) is 0 Å². The second kappa shape index (κ2) is 9.10. The quantitative estimate of drug-likeness (QED) is 0.401. The summed E-state index contributed by atoms with van der Waals surface area (Å²) in [6, 6.07) is 4.53. The number of alkyl halides is 1. The molecule has 11 heteroatoms. The topological polar surface area (TPSA) is 104 Å². The number of carbonyl (C=O) groups excluding carboxylic acids is 2. The van der Waals surface area contributed by atoms with Crippen LogP contribution in [-0.4, -0.2) is 48.0 Å². The second-order valence-electron chi connectivity index (χ2n) is 9.06. The van der Waals surface area contributed by atoms with Gasteiger partial charge < -0.3 is 10.1 Å². The van der Waals surface area contributed by atoms with Crippen LogP contribution in [0.15, 0.2) is 36.8 Å². The van der Waals surface area contributed by atoms with Crippen LogP contribution in [0.25, 0.3) is 33.4 Å². The van der Waals surface area contributed by atoms with Crippen molar-refractivity contribution in [3.05, 3.63) is 48.2 Å². The fourth-order valence-electron chi connectivity index (χ4n) is 3.69. The van der Waals surface area contributed by atoms with Gasteiger partial charge >= 0.3 is 6.09 Å². The molecule has 0 fully saturated rings. The van der Waals surface area contributed by atoms with Gasteiger partial charge in [0, 0.05) is 35.4 Å². The maximum absolute atomic E-state index is 15.2. The van der Waals surface area contributed by atoms with Crippen LogP contribution in [0.5, 0.6) is 0 Å². The Morgan fingerprint density at radius 2 is 1.94 bits per heavy atom. The van der Waals surface area contributed by atoms with Gasteiger partial charge in [-0.15, -0.1) is 11.6 Å². The number of hydrogen-bond donors (Lipinski definition) is 1. The Morgan fingerprint density at radius 1 is 1.20 bits per heavy atom. The minimum atomic E-state index is -0.724. The Kier molecular flexibility index (Phi) is 6.33. The molecule has 0 unspecified atom stereocenters. The molecule has 0 saturated carbocycles. The number of ether oxygens (including phenoxy) is 1. The lowest BCUT2D eigenvalue weighted by molar-refractivity contribution is -0.113. The lowest BCUT2D eigenvalue weighted by Gasteiger charge is -2.19. The molecule has 1 aromatic carbocycles. The van der Waals surface area contributed by atoms with Gasteiger partial charge in [-0.1, -0.05) is 0 Å². The average molecular weight is 499 g/mol. The Bertz CT molecular complexity index is 1430. The van der Waals surface area contributed by atoms with Crippen LogP contribution >= 0.6 is 11.6 Å². The lowest BCUT2D eigenvalue weighted by atomic mass is 10.0. The molecule has 9 nitrogen and oxygen atoms in total. The van der Waals surface area contributed by atoms with Crippen molar-refractivity contribution in [2.75, 3.05) is 11.2 Å². The molecule has 0 aliphatic carbocycles. The van der Waals surface area contributed by atoms with Crippen molar-refractivity contribution < 1.29 is 18.7 Å². The zero-order valence-corrected chi connectivity index (χ0v) is 20.6. The third kappa shape index (κ3) is 5.02. The molecule has 0 aliphatic heterocycles. The Labute approximate surface area is 205 Å². The van der Waals surface area contributed by atoms with Crippen LogP contribution < -0.4 is 5.32 Å². The van der Waals surface area contributed by atoms with E-state index >= 15 is 4.39 Å². The molecular formula is C24H24ClFN6O3. The van der Waals surface area contributed by atoms with Gasteiger partial charge in [0.25, 0.3) is 0 Å². The molecule has 0 saturated heterocycles. The minimum Gasteiger partial charge on any atom is -0.442 e. The van der Waals surface area contributed by atoms with Gasteiger partial charge in [-0.05, 0) is 51.5 Å². The van der Waals surface area contributed by atoms with E-state index in [2.05, 4.69) is 20.5 Å². The number of aromatic nitrogens is 5. The molecule has 0 atom stereocenters. The molecule has 3 heterocycles. The zero-order valence-electron chi connectivity index (χ0n) is 19.9. The SMILES string of the molecule is Cc1cc(NC(=O)CCl)cc(F)c1-c1cc2c(-c3cnn(C)c3)nn(C(=O)OC(C)(C)C)c2cn1. The van der Waals surface area contributed by atoms with Crippen molar-refractivity contribution in [3.8, 4) is 22.5 Å². The molecule has 0 bridgehead atoms. The fraction of sp³-hybridized carbons (Fsp3) is 0.292. The first-order valence-electron chi connectivity index (χ1n) is 10.7. The number of hydrogen-bond acceptors (Lipinski definition) is 6. The van der Waals surface area contributed by atoms with Gasteiger partial charge in [0.1, 0.15) is 23.0 Å². The monoisotopic (exact) mass is 498 g/mol. The first-order chi connectivity index (χ1) is 16.5. The summed E-state index contributed by atoms with van der Waals surface area (Å²) in [6.45, 7) is 7.01. The summed E-state index contributed by atoms with van der Waals surface area (Å²) >= 11 is 5.53. The molecule has 35 heavy (non-hydrogen) atoms. The van der Waals surface area contributed by atoms with E-state index in [0.29, 0.717) is 39.1 Å². The summed E-state index contributed by atoms with van der Waals surface area (Å²) in [5.74, 6) is -1.24. The van der Waals surface area contributed by atoms with E-state index in [0.717, 1.165) is 4.68 Å². The highest BCUT2D eigenvalue weighted by Crippen LogP contribution is 2.34. The smallest absolute Gasteiger partial charge is 0.435 e. The fourth-order valence-corrected chi connectivity index (χ4v) is 3.75. The molecule has 0 spiro atoms. The minimum absolute atomic E-state index is 0.237. The third-order valence-electron chi connectivity index (χ3n) is 5.06. The Hall–Kier alpha value is -3.79. The van der Waals surface area contributed by atoms with Crippen molar-refractivity contribution in [2.45, 2.75) is 33.3 Å². The van der Waals surface area contributed by atoms with E-state index < -0.39 is 23.4 Å². The van der Waals surface area contributed by atoms with E-state index in [4.69, 9.17) is 16.3 Å². The standard InChI is InChI=1S/C24H24ClFN6O3/c1-13-6-15(29-20(33)9-25)7-17(26)21(13)18-8-16-19(11-27-18)32(23(34)35-24(2,3)4)30-22(16)14-10-28-31(5)12-14/h6-8,10-12H,9H2,1-5H3,(H,29,33). The summed E-state index contributed by atoms with van der Waals surface area (Å²) in [4.78, 5) is 28.9. The highest BCUT2D eigenvalue weighted by molar-refractivity contribution is 6.29. The van der Waals surface area contributed by atoms with E-state index in [9.17, 15) is 9.59 Å². The van der Waals surface area contributed by atoms with Crippen LogP contribution in [0.2, 0.25) is 0 Å². The molecule has 1 N–H and O–H groups in total. The predicted octanol–water partition coefficient (Wildman–Crippen LogP) is 4.91. The van der Waals surface area contributed by atoms with E-state index in [1.54, 1.807) is 64.0 Å². The maximum atomic E-state index is 15.2. The van der Waals surface area contributed by atoms with Crippen molar-refractivity contribution in [1.82, 2.24) is 24.5 Å². The summed E-state index contributed by atoms with van der Waals surface area (Å²) in [7, 11) is 1.77. The molecular weight excluding hydrogens is 475 g/mol. The number of halogens is 2. The summed E-state index contributed by atoms with van der Waals surface area (Å²) in [6.07, 6.45) is 4.20. The summed E-state index contributed by atoms with van der Waals surface area (Å²) < 4.78 is 23.4. The van der Waals surface area contributed by atoms with Gasteiger partial charge in [-0.25, -0.2) is 9.18 Å². The number of anilines is 1. The van der Waals surface area contributed by atoms with Crippen LogP contribution in [0, 0.1) is 12.7 Å². The number of pyridine rings is 1. The third-order valence-corrected chi connectivity index (χ3v) is 5.30. The maximum Gasteiger partial charge on any atom is 0.435 e. The largest absolute Gasteiger partial charge is 0.442 e. The van der Waals surface area contributed by atoms with Crippen LogP contribution in [0.1, 0.15) is 26.3 Å². The molecule has 4 aromatic rings. The lowest BCUT2D eigenvalue weighted by Crippen LogP contribution is -2.27. The number of benzene rings is 1. The average Bonchev–Trinajstić information content (AvgIpc) is 3.35. The van der Waals surface area contributed by atoms with Crippen molar-refractivity contribution in [1.29, 1.82) is 0 Å². The van der Waals surface area contributed by atoms with Gasteiger partial charge in [0.2, 0.25) is 5.91 Å². The number of fused-ring (bicyclic) bond motifs is 1. The summed E-state index contributed by atoms with van der Waals surface area (Å²) in [5.41, 5.74) is 2.30. The summed E-state index contributed by atoms with van der Waals surface area (Å²) in [5, 5.41) is 11.8. The number of nitrogens with one attached hydrogen (secondary N) is 1. The molecule has 1 amide bonds. The normalized spacial score (nSPS) is 11.6. The van der Waals surface area contributed by atoms with Crippen molar-refractivity contribution in [3.63, 3.8) is 0 Å². The van der Waals surface area contributed by atoms with Crippen molar-refractivity contribution >= 4 is 40.2 Å². The molecule has 3 aromatic heterocycles. The Morgan fingerprint density at radius 3 is 2.54 bits per heavy atom. The van der Waals surface area contributed by atoms with E-state index in [1.165, 1.54) is 12.3 Å². The number of carbonyl (C=O) groups is 2. The Balaban J connectivity index is 1.87. The first-order valence-corrected chi connectivity index (χ1v) is 11.3. The molecule has 182 valence electrons. The van der Waals surface area contributed by atoms with Gasteiger partial charge in [-0.2, -0.15) is 14.9 Å². The van der Waals surface area contributed by atoms with E-state index in [1.807, 2.05) is 0 Å². The van der Waals surface area contributed by atoms with Crippen molar-refractivity contribution in [2.24, 2.45) is 7.05 Å². The predicted molar refractivity (Wildman–Crippen MR) is 131 cm³/mol. The molecule has 0 aliphatic rings. The van der Waals surface area contributed by atoms with Gasteiger partial charge in [0.15, 0.2) is 0 Å². The molecule has 4 rings (SSSR count). The van der Waals surface area contributed by atoms with E-state index in [-0.39, 0.29) is 11.4 Å². The van der Waals surface area contributed by atoms with Gasteiger partial charge in [-0.3, -0.25) is 14.5 Å². The zero-order chi connectivity index (χ0) is 25.5. The van der Waals surface area contributed by atoms with Crippen LogP contribution in [0.4, 0.5) is 14.9 Å². The van der Waals surface area contributed by atoms with Crippen LogP contribution in [-0.2, 0) is 16.6 Å². The highest BCUT2D eigenvalue weighted by atomic mass is 35.5. The van der Waals surface area contributed by atoms with Gasteiger partial charge in [0.05, 0.1) is 23.6 Å². The molecule has 0 radical (unpaired) electrons. The number of nitrogens with zero attached hydrogens (tertiary/aromatic N) is 5. The number of amides is 1. The number of rotatable bonds is 4. The first kappa shape index (κ1) is 24.3.